The van der Waals surface area contributed by atoms with Crippen LogP contribution in [0.4, 0.5) is 0 Å². The minimum atomic E-state index is 1.03. The zero-order valence-electron chi connectivity index (χ0n) is 7.47. The molecule has 2 rings (SSSR count). The maximum absolute atomic E-state index is 3.56. The molecule has 2 aliphatic heterocycles. The highest BCUT2D eigenvalue weighted by molar-refractivity contribution is 9.09. The predicted molar refractivity (Wildman–Crippen MR) is 60.2 cm³/mol. The van der Waals surface area contributed by atoms with Gasteiger partial charge in [-0.25, -0.2) is 0 Å². The van der Waals surface area contributed by atoms with E-state index in [2.05, 4.69) is 27.7 Å². The van der Waals surface area contributed by atoms with Crippen LogP contribution in [-0.4, -0.2) is 15.8 Å². The smallest absolute Gasteiger partial charge is 0.00524 e. The molecule has 0 aromatic rings. The van der Waals surface area contributed by atoms with Crippen molar-refractivity contribution in [1.82, 2.24) is 0 Å². The summed E-state index contributed by atoms with van der Waals surface area (Å²) in [6, 6.07) is 0. The molecule has 12 heavy (non-hydrogen) atoms. The first kappa shape index (κ1) is 9.39. The Morgan fingerprint density at radius 2 is 1.83 bits per heavy atom. The van der Waals surface area contributed by atoms with Gasteiger partial charge in [0.1, 0.15) is 0 Å². The molecular formula is C10H17BrS. The van der Waals surface area contributed by atoms with Crippen LogP contribution in [0.5, 0.6) is 0 Å². The largest absolute Gasteiger partial charge is 0.155 e. The molecule has 2 bridgehead atoms. The van der Waals surface area contributed by atoms with Crippen molar-refractivity contribution < 1.29 is 0 Å². The van der Waals surface area contributed by atoms with E-state index >= 15 is 0 Å². The molecule has 2 heteroatoms. The van der Waals surface area contributed by atoms with Gasteiger partial charge in [0.05, 0.1) is 0 Å². The molecule has 2 heterocycles. The van der Waals surface area contributed by atoms with Crippen LogP contribution in [0.15, 0.2) is 0 Å². The van der Waals surface area contributed by atoms with Gasteiger partial charge in [0.15, 0.2) is 0 Å². The minimum Gasteiger partial charge on any atom is -0.155 e. The molecule has 0 aliphatic carbocycles. The molecule has 0 nitrogen and oxygen atoms in total. The van der Waals surface area contributed by atoms with Crippen molar-refractivity contribution in [1.29, 1.82) is 0 Å². The van der Waals surface area contributed by atoms with Gasteiger partial charge in [0.2, 0.25) is 0 Å². The third kappa shape index (κ3) is 2.20. The summed E-state index contributed by atoms with van der Waals surface area (Å²) in [7, 11) is 0. The first-order valence-electron chi connectivity index (χ1n) is 5.10. The Bertz CT molecular complexity index is 137. The van der Waals surface area contributed by atoms with Gasteiger partial charge < -0.3 is 0 Å². The molecule has 0 N–H and O–H groups in total. The average Bonchev–Trinajstić information content (AvgIpc) is 2.04. The van der Waals surface area contributed by atoms with Gasteiger partial charge in [-0.2, -0.15) is 11.8 Å². The van der Waals surface area contributed by atoms with E-state index in [1.54, 1.807) is 0 Å². The fraction of sp³-hybridized carbons (Fsp3) is 1.00. The maximum Gasteiger partial charge on any atom is 0.00524 e. The summed E-state index contributed by atoms with van der Waals surface area (Å²) in [4.78, 5) is 0. The summed E-state index contributed by atoms with van der Waals surface area (Å²) in [5.74, 6) is 1.04. The third-order valence-corrected chi connectivity index (χ3v) is 5.23. The van der Waals surface area contributed by atoms with Crippen molar-refractivity contribution in [2.24, 2.45) is 5.92 Å². The average molecular weight is 249 g/mol. The summed E-state index contributed by atoms with van der Waals surface area (Å²) in [5.41, 5.74) is 0. The van der Waals surface area contributed by atoms with Gasteiger partial charge in [-0.05, 0) is 38.0 Å². The third-order valence-electron chi connectivity index (χ3n) is 3.15. The fourth-order valence-electron chi connectivity index (χ4n) is 2.56. The summed E-state index contributed by atoms with van der Waals surface area (Å²) in [5, 5.41) is 3.27. The van der Waals surface area contributed by atoms with Gasteiger partial charge in [-0.15, -0.1) is 0 Å². The van der Waals surface area contributed by atoms with Crippen LogP contribution in [0.3, 0.4) is 0 Å². The number of hydrogen-bond acceptors (Lipinski definition) is 1. The number of rotatable bonds is 2. The molecule has 2 unspecified atom stereocenters. The lowest BCUT2D eigenvalue weighted by atomic mass is 9.88. The Hall–Kier alpha value is 0.830. The van der Waals surface area contributed by atoms with E-state index in [0.29, 0.717) is 0 Å². The normalized spacial score (nSPS) is 41.2. The van der Waals surface area contributed by atoms with Crippen LogP contribution in [0.25, 0.3) is 0 Å². The Morgan fingerprint density at radius 3 is 2.42 bits per heavy atom. The molecule has 2 fully saturated rings. The number of hydrogen-bond donors (Lipinski definition) is 0. The zero-order chi connectivity index (χ0) is 8.39. The quantitative estimate of drug-likeness (QED) is 0.670. The second-order valence-corrected chi connectivity index (χ2v) is 6.52. The summed E-state index contributed by atoms with van der Waals surface area (Å²) < 4.78 is 0. The van der Waals surface area contributed by atoms with Crippen LogP contribution in [0.2, 0.25) is 0 Å². The lowest BCUT2D eigenvalue weighted by Gasteiger charge is -2.38. The summed E-state index contributed by atoms with van der Waals surface area (Å²) >= 11 is 5.85. The summed E-state index contributed by atoms with van der Waals surface area (Å²) in [6.07, 6.45) is 8.93. The molecule has 0 saturated carbocycles. The molecular weight excluding hydrogens is 232 g/mol. The predicted octanol–water partition coefficient (Wildman–Crippen LogP) is 3.84. The first-order valence-corrected chi connectivity index (χ1v) is 7.16. The standard InChI is InChI=1S/C10H17BrS/c11-5-4-8-6-9-2-1-3-10(7-8)12-9/h8-10H,1-7H2. The SMILES string of the molecule is BrCCC1CC2CCCC(C1)S2. The highest BCUT2D eigenvalue weighted by Crippen LogP contribution is 2.44. The molecule has 2 aliphatic rings. The number of fused-ring (bicyclic) bond motifs is 2. The highest BCUT2D eigenvalue weighted by Gasteiger charge is 2.31. The number of halogens is 1. The second kappa shape index (κ2) is 4.36. The van der Waals surface area contributed by atoms with Crippen LogP contribution in [0, 0.1) is 5.92 Å². The zero-order valence-corrected chi connectivity index (χ0v) is 9.87. The van der Waals surface area contributed by atoms with Gasteiger partial charge >= 0.3 is 0 Å². The molecule has 0 aromatic carbocycles. The van der Waals surface area contributed by atoms with E-state index in [1.807, 2.05) is 0 Å². The lowest BCUT2D eigenvalue weighted by Crippen LogP contribution is -2.28. The summed E-state index contributed by atoms with van der Waals surface area (Å²) in [6.45, 7) is 0. The molecule has 0 amide bonds. The Labute approximate surface area is 88.0 Å². The topological polar surface area (TPSA) is 0 Å². The molecule has 2 saturated heterocycles. The first-order chi connectivity index (χ1) is 5.88. The van der Waals surface area contributed by atoms with Gasteiger partial charge in [-0.3, -0.25) is 0 Å². The maximum atomic E-state index is 3.56. The van der Waals surface area contributed by atoms with Crippen molar-refractivity contribution in [3.63, 3.8) is 0 Å². The van der Waals surface area contributed by atoms with Crippen molar-refractivity contribution in [3.05, 3.63) is 0 Å². The van der Waals surface area contributed by atoms with Crippen molar-refractivity contribution >= 4 is 27.7 Å². The molecule has 0 spiro atoms. The minimum absolute atomic E-state index is 1.03. The highest BCUT2D eigenvalue weighted by atomic mass is 79.9. The van der Waals surface area contributed by atoms with E-state index in [9.17, 15) is 0 Å². The van der Waals surface area contributed by atoms with Crippen LogP contribution in [0.1, 0.15) is 38.5 Å². The van der Waals surface area contributed by atoms with Gasteiger partial charge in [0, 0.05) is 15.8 Å². The van der Waals surface area contributed by atoms with E-state index in [0.717, 1.165) is 16.4 Å². The Kier molecular flexibility index (Phi) is 3.41. The Balaban J connectivity index is 1.87. The van der Waals surface area contributed by atoms with E-state index < -0.39 is 0 Å². The van der Waals surface area contributed by atoms with Crippen LogP contribution in [-0.2, 0) is 0 Å². The van der Waals surface area contributed by atoms with Crippen LogP contribution < -0.4 is 0 Å². The van der Waals surface area contributed by atoms with E-state index in [1.165, 1.54) is 43.9 Å². The molecule has 0 radical (unpaired) electrons. The van der Waals surface area contributed by atoms with Crippen molar-refractivity contribution in [3.8, 4) is 0 Å². The fourth-order valence-corrected chi connectivity index (χ4v) is 5.12. The van der Waals surface area contributed by atoms with E-state index in [-0.39, 0.29) is 0 Å². The van der Waals surface area contributed by atoms with E-state index in [4.69, 9.17) is 0 Å². The van der Waals surface area contributed by atoms with Crippen molar-refractivity contribution in [2.75, 3.05) is 5.33 Å². The lowest BCUT2D eigenvalue weighted by molar-refractivity contribution is 0.364. The molecule has 70 valence electrons. The monoisotopic (exact) mass is 248 g/mol. The number of alkyl halides is 1. The number of thioether (sulfide) groups is 1. The Morgan fingerprint density at radius 1 is 1.17 bits per heavy atom. The van der Waals surface area contributed by atoms with Gasteiger partial charge in [0.25, 0.3) is 0 Å². The van der Waals surface area contributed by atoms with Crippen molar-refractivity contribution in [2.45, 2.75) is 49.0 Å². The van der Waals surface area contributed by atoms with Gasteiger partial charge in [-0.1, -0.05) is 22.4 Å². The molecule has 0 aromatic heterocycles. The second-order valence-electron chi connectivity index (χ2n) is 4.13. The van der Waals surface area contributed by atoms with Crippen LogP contribution >= 0.6 is 27.7 Å². The molecule has 2 atom stereocenters.